The van der Waals surface area contributed by atoms with Crippen molar-refractivity contribution in [2.45, 2.75) is 150 Å². The summed E-state index contributed by atoms with van der Waals surface area (Å²) in [5.41, 5.74) is 4.09. The number of nitrogens with zero attached hydrogens (tertiary/aromatic N) is 1. The lowest BCUT2D eigenvalue weighted by molar-refractivity contribution is -0.143. The Hall–Kier alpha value is -2.30. The van der Waals surface area contributed by atoms with Crippen LogP contribution in [-0.2, 0) is 19.2 Å². The Morgan fingerprint density at radius 1 is 0.930 bits per heavy atom. The molecule has 1 aliphatic rings. The number of hydrogen-bond donors (Lipinski definition) is 4. The molecule has 11 heteroatoms. The molecule has 0 bridgehead atoms. The van der Waals surface area contributed by atoms with E-state index in [0.29, 0.717) is 31.6 Å². The van der Waals surface area contributed by atoms with Gasteiger partial charge in [0.15, 0.2) is 0 Å². The van der Waals surface area contributed by atoms with Crippen LogP contribution in [0.4, 0.5) is 4.79 Å². The summed E-state index contributed by atoms with van der Waals surface area (Å²) in [6, 6.07) is -3.19. The van der Waals surface area contributed by atoms with Gasteiger partial charge in [-0.2, -0.15) is 11.8 Å². The first-order valence-corrected chi connectivity index (χ1v) is 16.8. The van der Waals surface area contributed by atoms with Crippen LogP contribution in [0.25, 0.3) is 0 Å². The number of carbonyl (C=O) groups is 5. The summed E-state index contributed by atoms with van der Waals surface area (Å²) in [7, 11) is 0. The minimum atomic E-state index is -1.11. The number of rotatable bonds is 13. The molecule has 43 heavy (non-hydrogen) atoms. The van der Waals surface area contributed by atoms with Crippen LogP contribution < -0.4 is 21.7 Å². The molecule has 4 atom stereocenters. The van der Waals surface area contributed by atoms with Gasteiger partial charge in [0.05, 0.1) is 6.04 Å². The fourth-order valence-electron chi connectivity index (χ4n) is 4.30. The van der Waals surface area contributed by atoms with E-state index in [4.69, 9.17) is 5.73 Å². The zero-order valence-corrected chi connectivity index (χ0v) is 29.8. The van der Waals surface area contributed by atoms with Gasteiger partial charge in [0.2, 0.25) is 17.6 Å². The normalized spacial score (nSPS) is 18.1. The Kier molecular flexibility index (Phi) is 16.9. The van der Waals surface area contributed by atoms with Crippen LogP contribution in [0.15, 0.2) is 0 Å². The molecule has 1 heterocycles. The molecule has 0 aromatic rings. The first kappa shape index (κ1) is 40.7. The van der Waals surface area contributed by atoms with Gasteiger partial charge in [-0.3, -0.25) is 19.2 Å². The Morgan fingerprint density at radius 2 is 1.49 bits per heavy atom. The lowest BCUT2D eigenvalue weighted by atomic mass is 9.85. The van der Waals surface area contributed by atoms with Gasteiger partial charge in [-0.1, -0.05) is 89.0 Å². The van der Waals surface area contributed by atoms with Crippen molar-refractivity contribution in [3.63, 3.8) is 0 Å². The van der Waals surface area contributed by atoms with E-state index in [-0.39, 0.29) is 23.0 Å². The Bertz CT molecular complexity index is 941. The Labute approximate surface area is 265 Å². The quantitative estimate of drug-likeness (QED) is 0.216. The second-order valence-electron chi connectivity index (χ2n) is 14.3. The van der Waals surface area contributed by atoms with E-state index in [1.807, 2.05) is 48.5 Å². The fraction of sp³-hybridized carbons (Fsp3) is 0.844. The molecule has 5 amide bonds. The van der Waals surface area contributed by atoms with Crippen molar-refractivity contribution in [3.8, 4) is 0 Å². The molecule has 1 saturated heterocycles. The molecule has 0 spiro atoms. The summed E-state index contributed by atoms with van der Waals surface area (Å²) in [5, 5.41) is 8.60. The molecule has 3 unspecified atom stereocenters. The number of nitrogens with one attached hydrogen (secondary N) is 3. The molecular formula is C32H61N5O5S. The second kappa shape index (κ2) is 17.9. The molecule has 0 aromatic heterocycles. The molecule has 1 rings (SSSR count). The predicted molar refractivity (Wildman–Crippen MR) is 177 cm³/mol. The maximum Gasteiger partial charge on any atom is 0.315 e. The topological polar surface area (TPSA) is 151 Å². The van der Waals surface area contributed by atoms with Crippen LogP contribution in [0.5, 0.6) is 0 Å². The third kappa shape index (κ3) is 14.8. The van der Waals surface area contributed by atoms with Crippen molar-refractivity contribution in [2.24, 2.45) is 17.1 Å². The number of ketones is 1. The molecule has 10 nitrogen and oxygen atoms in total. The van der Waals surface area contributed by atoms with E-state index in [1.54, 1.807) is 11.8 Å². The Balaban J connectivity index is 0.00000413. The molecule has 1 aliphatic heterocycles. The monoisotopic (exact) mass is 627 g/mol. The van der Waals surface area contributed by atoms with Crippen molar-refractivity contribution >= 4 is 41.3 Å². The zero-order valence-electron chi connectivity index (χ0n) is 28.9. The van der Waals surface area contributed by atoms with Gasteiger partial charge in [-0.15, -0.1) is 0 Å². The van der Waals surface area contributed by atoms with Crippen LogP contribution in [-0.4, -0.2) is 75.1 Å². The number of carbonyl (C=O) groups excluding carboxylic acids is 5. The number of hydrogen-bond acceptors (Lipinski definition) is 6. The molecule has 0 saturated carbocycles. The van der Waals surface area contributed by atoms with Gasteiger partial charge in [0, 0.05) is 22.6 Å². The minimum absolute atomic E-state index is 0.0310. The summed E-state index contributed by atoms with van der Waals surface area (Å²) in [4.78, 5) is 65.5. The van der Waals surface area contributed by atoms with Crippen LogP contribution >= 0.6 is 11.8 Å². The average molecular weight is 628 g/mol. The van der Waals surface area contributed by atoms with Gasteiger partial charge < -0.3 is 26.6 Å². The van der Waals surface area contributed by atoms with Crippen LogP contribution in [0.2, 0.25) is 0 Å². The SMILES string of the molecule is CCC(C)(CSC(C)(C)C)NC(=O)NC(C(=O)N1CCC[C@H]1C(=O)NC(CC(C)C)C(=O)C(N)=O)C(C)(C)C.CCCC. The van der Waals surface area contributed by atoms with Gasteiger partial charge in [0.1, 0.15) is 12.1 Å². The number of amides is 5. The molecular weight excluding hydrogens is 566 g/mol. The lowest BCUT2D eigenvalue weighted by Crippen LogP contribution is -2.62. The van der Waals surface area contributed by atoms with Crippen molar-refractivity contribution in [1.82, 2.24) is 20.9 Å². The van der Waals surface area contributed by atoms with Crippen molar-refractivity contribution in [1.29, 1.82) is 0 Å². The van der Waals surface area contributed by atoms with Gasteiger partial charge in [-0.25, -0.2) is 4.79 Å². The number of urea groups is 1. The van der Waals surface area contributed by atoms with Gasteiger partial charge in [-0.05, 0) is 43.9 Å². The summed E-state index contributed by atoms with van der Waals surface area (Å²) in [5.74, 6) is -2.09. The molecule has 1 fully saturated rings. The molecule has 250 valence electrons. The van der Waals surface area contributed by atoms with E-state index in [9.17, 15) is 24.0 Å². The average Bonchev–Trinajstić information content (AvgIpc) is 3.38. The van der Waals surface area contributed by atoms with Crippen molar-refractivity contribution in [2.75, 3.05) is 12.3 Å². The number of likely N-dealkylation sites (tertiary alicyclic amines) is 1. The Morgan fingerprint density at radius 3 is 1.91 bits per heavy atom. The fourth-order valence-corrected chi connectivity index (χ4v) is 5.33. The molecule has 0 radical (unpaired) electrons. The third-order valence-corrected chi connectivity index (χ3v) is 8.98. The number of unbranched alkanes of at least 4 members (excludes halogenated alkanes) is 1. The molecule has 5 N–H and O–H groups in total. The van der Waals surface area contributed by atoms with E-state index in [2.05, 4.69) is 50.6 Å². The summed E-state index contributed by atoms with van der Waals surface area (Å²) < 4.78 is 0.0417. The molecule has 0 aliphatic carbocycles. The minimum Gasteiger partial charge on any atom is -0.363 e. The largest absolute Gasteiger partial charge is 0.363 e. The number of thioether (sulfide) groups is 1. The number of primary amides is 1. The second-order valence-corrected chi connectivity index (χ2v) is 16.1. The van der Waals surface area contributed by atoms with Gasteiger partial charge in [0.25, 0.3) is 5.91 Å². The maximum atomic E-state index is 13.8. The third-order valence-electron chi connectivity index (χ3n) is 7.33. The summed E-state index contributed by atoms with van der Waals surface area (Å²) in [6.07, 6.45) is 4.62. The summed E-state index contributed by atoms with van der Waals surface area (Å²) >= 11 is 1.76. The highest BCUT2D eigenvalue weighted by Crippen LogP contribution is 2.29. The van der Waals surface area contributed by atoms with E-state index < -0.39 is 52.7 Å². The van der Waals surface area contributed by atoms with Crippen LogP contribution in [0, 0.1) is 11.3 Å². The highest BCUT2D eigenvalue weighted by atomic mass is 32.2. The number of Topliss-reactive ketones (excluding diaryl/α,β-unsaturated/α-hetero) is 1. The van der Waals surface area contributed by atoms with Crippen molar-refractivity contribution < 1.29 is 24.0 Å². The molecule has 0 aromatic carbocycles. The van der Waals surface area contributed by atoms with Crippen molar-refractivity contribution in [3.05, 3.63) is 0 Å². The first-order chi connectivity index (χ1) is 19.6. The first-order valence-electron chi connectivity index (χ1n) is 15.8. The van der Waals surface area contributed by atoms with E-state index in [1.165, 1.54) is 17.7 Å². The predicted octanol–water partition coefficient (Wildman–Crippen LogP) is 4.78. The van der Waals surface area contributed by atoms with E-state index in [0.717, 1.165) is 0 Å². The maximum absolute atomic E-state index is 13.8. The van der Waals surface area contributed by atoms with E-state index >= 15 is 0 Å². The lowest BCUT2D eigenvalue weighted by Gasteiger charge is -2.37. The number of nitrogens with two attached hydrogens (primary N) is 1. The van der Waals surface area contributed by atoms with Gasteiger partial charge >= 0.3 is 6.03 Å². The zero-order chi connectivity index (χ0) is 33.8. The highest BCUT2D eigenvalue weighted by molar-refractivity contribution is 8.00. The highest BCUT2D eigenvalue weighted by Gasteiger charge is 2.43. The summed E-state index contributed by atoms with van der Waals surface area (Å²) in [6.45, 7) is 24.4. The standard InChI is InChI=1S/C28H51N5O5S.C4H10/c1-11-28(10,16-39-27(7,8)9)32-25(38)31-21(26(4,5)6)24(37)33-14-12-13-19(33)23(36)30-18(15-17(2)3)20(34)22(29)35;1-3-4-2/h17-19,21H,11-16H2,1-10H3,(H2,29,35)(H,30,36)(H2,31,32,38);3-4H2,1-2H3/t18?,19-,21?,28?;/m0./s1. The van der Waals surface area contributed by atoms with Crippen LogP contribution in [0.3, 0.4) is 0 Å². The van der Waals surface area contributed by atoms with Crippen LogP contribution in [0.1, 0.15) is 122 Å². The smallest absolute Gasteiger partial charge is 0.315 e.